The molecule has 106 valence electrons. The molecule has 0 saturated carbocycles. The number of imidazole rings is 1. The maximum Gasteiger partial charge on any atom is 0.413 e. The normalized spacial score (nSPS) is 10.5. The summed E-state index contributed by atoms with van der Waals surface area (Å²) in [5.74, 6) is 0.340. The molecule has 0 fully saturated rings. The lowest BCUT2D eigenvalue weighted by molar-refractivity contribution is 0.155. The summed E-state index contributed by atoms with van der Waals surface area (Å²) < 4.78 is 7.50. The summed E-state index contributed by atoms with van der Waals surface area (Å²) in [6, 6.07) is 9.46. The van der Waals surface area contributed by atoms with E-state index in [1.807, 2.05) is 30.3 Å². The number of anilines is 1. The Morgan fingerprint density at radius 2 is 2.14 bits per heavy atom. The topological polar surface area (TPSA) is 68.5 Å². The molecule has 0 spiro atoms. The lowest BCUT2D eigenvalue weighted by Gasteiger charge is -2.07. The van der Waals surface area contributed by atoms with Gasteiger partial charge in [-0.3, -0.25) is 5.32 Å². The highest BCUT2D eigenvalue weighted by molar-refractivity contribution is 9.10. The van der Waals surface area contributed by atoms with Crippen molar-refractivity contribution in [2.45, 2.75) is 6.61 Å². The zero-order valence-corrected chi connectivity index (χ0v) is 12.4. The molecule has 1 amide bonds. The number of carbonyl (C=O) groups is 1. The molecule has 0 atom stereocenters. The Morgan fingerprint density at radius 3 is 2.95 bits per heavy atom. The second kappa shape index (κ2) is 5.92. The highest BCUT2D eigenvalue weighted by atomic mass is 79.9. The second-order valence-electron chi connectivity index (χ2n) is 4.26. The highest BCUT2D eigenvalue weighted by Gasteiger charge is 2.11. The zero-order valence-electron chi connectivity index (χ0n) is 10.9. The number of nitrogens with zero attached hydrogens (tertiary/aromatic N) is 3. The van der Waals surface area contributed by atoms with Crippen LogP contribution in [0.5, 0.6) is 0 Å². The number of amides is 1. The Morgan fingerprint density at radius 1 is 1.33 bits per heavy atom. The molecule has 2 heterocycles. The number of nitrogens with one attached hydrogen (secondary N) is 1. The Kier molecular flexibility index (Phi) is 3.83. The van der Waals surface area contributed by atoms with Gasteiger partial charge in [-0.25, -0.2) is 14.8 Å². The fraction of sp³-hybridized carbons (Fsp3) is 0.0714. The first kappa shape index (κ1) is 13.6. The van der Waals surface area contributed by atoms with Gasteiger partial charge in [0, 0.05) is 18.6 Å². The number of rotatable bonds is 3. The molecule has 0 radical (unpaired) electrons. The van der Waals surface area contributed by atoms with Gasteiger partial charge in [0.05, 0.1) is 0 Å². The van der Waals surface area contributed by atoms with Crippen molar-refractivity contribution in [2.75, 3.05) is 5.32 Å². The summed E-state index contributed by atoms with van der Waals surface area (Å²) in [5.41, 5.74) is 1.47. The second-order valence-corrected chi connectivity index (χ2v) is 5.07. The molecule has 1 aromatic carbocycles. The van der Waals surface area contributed by atoms with E-state index in [4.69, 9.17) is 4.74 Å². The average molecular weight is 347 g/mol. The number of halogens is 1. The zero-order chi connectivity index (χ0) is 14.7. The Bertz CT molecular complexity index is 773. The van der Waals surface area contributed by atoms with Gasteiger partial charge in [-0.15, -0.1) is 0 Å². The molecule has 1 N–H and O–H groups in total. The Labute approximate surface area is 128 Å². The molecule has 0 saturated heterocycles. The van der Waals surface area contributed by atoms with Crippen LogP contribution in [0.15, 0.2) is 53.5 Å². The fourth-order valence-corrected chi connectivity index (χ4v) is 2.24. The first-order valence-corrected chi connectivity index (χ1v) is 6.98. The van der Waals surface area contributed by atoms with Crippen LogP contribution in [0.1, 0.15) is 5.56 Å². The Hall–Kier alpha value is -2.41. The van der Waals surface area contributed by atoms with Gasteiger partial charge >= 0.3 is 6.09 Å². The van der Waals surface area contributed by atoms with Crippen molar-refractivity contribution in [3.63, 3.8) is 0 Å². The first-order valence-electron chi connectivity index (χ1n) is 6.19. The van der Waals surface area contributed by atoms with Crippen LogP contribution in [0.4, 0.5) is 10.6 Å². The lowest BCUT2D eigenvalue weighted by Crippen LogP contribution is -2.15. The van der Waals surface area contributed by atoms with Crippen LogP contribution >= 0.6 is 15.9 Å². The summed E-state index contributed by atoms with van der Waals surface area (Å²) in [7, 11) is 0. The van der Waals surface area contributed by atoms with Gasteiger partial charge in [-0.1, -0.05) is 30.3 Å². The molecule has 0 aliphatic heterocycles. The highest BCUT2D eigenvalue weighted by Crippen LogP contribution is 2.17. The summed E-state index contributed by atoms with van der Waals surface area (Å²) in [6.07, 6.45) is 4.57. The third-order valence-electron chi connectivity index (χ3n) is 2.78. The largest absolute Gasteiger partial charge is 0.444 e. The number of carbonyl (C=O) groups excluding carboxylic acids is 1. The van der Waals surface area contributed by atoms with E-state index in [1.54, 1.807) is 23.0 Å². The van der Waals surface area contributed by atoms with Gasteiger partial charge in [0.25, 0.3) is 0 Å². The first-order chi connectivity index (χ1) is 10.2. The number of hydrogen-bond donors (Lipinski definition) is 1. The standard InChI is InChI=1S/C14H11BrN4O2/c15-11-8-19-7-6-16-13(19)12(17-11)18-14(20)21-9-10-4-2-1-3-5-10/h1-8H,9H2,(H,17,18,20). The van der Waals surface area contributed by atoms with Gasteiger partial charge in [-0.05, 0) is 21.5 Å². The molecule has 0 aliphatic rings. The van der Waals surface area contributed by atoms with Gasteiger partial charge in [-0.2, -0.15) is 0 Å². The van der Waals surface area contributed by atoms with E-state index in [0.717, 1.165) is 5.56 Å². The van der Waals surface area contributed by atoms with Crippen LogP contribution in [0, 0.1) is 0 Å². The molecule has 21 heavy (non-hydrogen) atoms. The predicted octanol–water partition coefficient (Wildman–Crippen LogP) is 3.24. The molecule has 7 heteroatoms. The minimum Gasteiger partial charge on any atom is -0.444 e. The number of hydrogen-bond acceptors (Lipinski definition) is 4. The van der Waals surface area contributed by atoms with Crippen molar-refractivity contribution in [1.82, 2.24) is 14.4 Å². The van der Waals surface area contributed by atoms with E-state index in [0.29, 0.717) is 16.1 Å². The molecular formula is C14H11BrN4O2. The van der Waals surface area contributed by atoms with Gasteiger partial charge in [0.1, 0.15) is 11.2 Å². The maximum atomic E-state index is 11.8. The lowest BCUT2D eigenvalue weighted by atomic mass is 10.2. The van der Waals surface area contributed by atoms with Crippen molar-refractivity contribution >= 4 is 33.5 Å². The van der Waals surface area contributed by atoms with E-state index in [2.05, 4.69) is 31.2 Å². The SMILES string of the molecule is O=C(Nc1nc(Br)cn2ccnc12)OCc1ccccc1. The van der Waals surface area contributed by atoms with E-state index in [-0.39, 0.29) is 6.61 Å². The summed E-state index contributed by atoms with van der Waals surface area (Å²) >= 11 is 3.28. The maximum absolute atomic E-state index is 11.8. The van der Waals surface area contributed by atoms with Crippen LogP contribution in [-0.2, 0) is 11.3 Å². The number of fused-ring (bicyclic) bond motifs is 1. The monoisotopic (exact) mass is 346 g/mol. The molecule has 0 unspecified atom stereocenters. The number of aromatic nitrogens is 3. The predicted molar refractivity (Wildman–Crippen MR) is 80.9 cm³/mol. The molecule has 6 nitrogen and oxygen atoms in total. The number of ether oxygens (including phenoxy) is 1. The van der Waals surface area contributed by atoms with Crippen LogP contribution < -0.4 is 5.32 Å². The third kappa shape index (κ3) is 3.19. The van der Waals surface area contributed by atoms with Crippen LogP contribution in [-0.4, -0.2) is 20.5 Å². The van der Waals surface area contributed by atoms with Crippen molar-refractivity contribution in [3.05, 3.63) is 59.1 Å². The van der Waals surface area contributed by atoms with Gasteiger partial charge in [0.15, 0.2) is 11.5 Å². The summed E-state index contributed by atoms with van der Waals surface area (Å²) in [6.45, 7) is 0.200. The third-order valence-corrected chi connectivity index (χ3v) is 3.16. The molecule has 2 aromatic heterocycles. The van der Waals surface area contributed by atoms with Crippen molar-refractivity contribution in [1.29, 1.82) is 0 Å². The fourth-order valence-electron chi connectivity index (χ4n) is 1.84. The van der Waals surface area contributed by atoms with Crippen LogP contribution in [0.3, 0.4) is 0 Å². The van der Waals surface area contributed by atoms with Gasteiger partial charge in [0.2, 0.25) is 0 Å². The average Bonchev–Trinajstić information content (AvgIpc) is 2.94. The molecular weight excluding hydrogens is 336 g/mol. The minimum absolute atomic E-state index is 0.200. The quantitative estimate of drug-likeness (QED) is 0.790. The molecule has 3 aromatic rings. The van der Waals surface area contributed by atoms with Crippen LogP contribution in [0.2, 0.25) is 0 Å². The van der Waals surface area contributed by atoms with Crippen molar-refractivity contribution in [3.8, 4) is 0 Å². The Balaban J connectivity index is 1.70. The molecule has 3 rings (SSSR count). The smallest absolute Gasteiger partial charge is 0.413 e. The van der Waals surface area contributed by atoms with E-state index < -0.39 is 6.09 Å². The summed E-state index contributed by atoms with van der Waals surface area (Å²) in [5, 5.41) is 2.60. The van der Waals surface area contributed by atoms with Crippen LogP contribution in [0.25, 0.3) is 5.65 Å². The van der Waals surface area contributed by atoms with Crippen molar-refractivity contribution in [2.24, 2.45) is 0 Å². The van der Waals surface area contributed by atoms with Crippen molar-refractivity contribution < 1.29 is 9.53 Å². The van der Waals surface area contributed by atoms with E-state index in [1.165, 1.54) is 0 Å². The minimum atomic E-state index is -0.575. The summed E-state index contributed by atoms with van der Waals surface area (Å²) in [4.78, 5) is 20.2. The van der Waals surface area contributed by atoms with E-state index in [9.17, 15) is 4.79 Å². The molecule has 0 bridgehead atoms. The number of benzene rings is 1. The van der Waals surface area contributed by atoms with E-state index >= 15 is 0 Å². The molecule has 0 aliphatic carbocycles. The van der Waals surface area contributed by atoms with Gasteiger partial charge < -0.3 is 9.14 Å².